The Morgan fingerprint density at radius 2 is 1.90 bits per heavy atom. The highest BCUT2D eigenvalue weighted by Crippen LogP contribution is 2.25. The number of nitrogens with one attached hydrogen (secondary N) is 2. The van der Waals surface area contributed by atoms with Crippen molar-refractivity contribution in [2.45, 2.75) is 6.36 Å². The number of H-pyrrole nitrogens is 1. The van der Waals surface area contributed by atoms with Crippen LogP contribution in [0.25, 0.3) is 11.3 Å². The zero-order chi connectivity index (χ0) is 14.8. The number of nitrogens with zero attached hydrogens (tertiary/aromatic N) is 1. The Labute approximate surface area is 110 Å². The molecule has 0 aliphatic heterocycles. The van der Waals surface area contributed by atoms with E-state index in [2.05, 4.69) is 14.7 Å². The van der Waals surface area contributed by atoms with Gasteiger partial charge in [0.15, 0.2) is 0 Å². The number of halogens is 3. The monoisotopic (exact) mass is 283 g/mol. The van der Waals surface area contributed by atoms with Crippen LogP contribution in [0, 0.1) is 5.41 Å². The van der Waals surface area contributed by atoms with Gasteiger partial charge in [0.1, 0.15) is 5.75 Å². The second-order valence-corrected chi connectivity index (χ2v) is 3.71. The molecule has 0 bridgehead atoms. The molecule has 0 fully saturated rings. The van der Waals surface area contributed by atoms with Gasteiger partial charge in [-0.1, -0.05) is 0 Å². The summed E-state index contributed by atoms with van der Waals surface area (Å²) in [5, 5.41) is 7.18. The van der Waals surface area contributed by atoms with Gasteiger partial charge in [0, 0.05) is 11.8 Å². The third kappa shape index (κ3) is 3.02. The number of hydrogen-bond acceptors (Lipinski definition) is 4. The van der Waals surface area contributed by atoms with E-state index in [9.17, 15) is 18.0 Å². The predicted octanol–water partition coefficient (Wildman–Crippen LogP) is 2.33. The van der Waals surface area contributed by atoms with E-state index < -0.39 is 11.9 Å². The number of hydrogen-bond donors (Lipinski definition) is 2. The van der Waals surface area contributed by atoms with E-state index in [0.717, 1.165) is 24.7 Å². The van der Waals surface area contributed by atoms with Crippen molar-refractivity contribution in [1.29, 1.82) is 5.41 Å². The minimum atomic E-state index is -4.76. The van der Waals surface area contributed by atoms with Gasteiger partial charge in [-0.3, -0.25) is 4.79 Å². The Morgan fingerprint density at radius 1 is 1.25 bits per heavy atom. The number of aromatic nitrogens is 2. The van der Waals surface area contributed by atoms with Crippen molar-refractivity contribution >= 4 is 6.21 Å². The molecule has 2 N–H and O–H groups in total. The third-order valence-corrected chi connectivity index (χ3v) is 2.39. The normalized spacial score (nSPS) is 11.2. The first-order valence-electron chi connectivity index (χ1n) is 5.35. The highest BCUT2D eigenvalue weighted by atomic mass is 19.4. The number of ether oxygens (including phenoxy) is 1. The van der Waals surface area contributed by atoms with Gasteiger partial charge in [0.2, 0.25) is 0 Å². The molecular weight excluding hydrogens is 275 g/mol. The fourth-order valence-corrected chi connectivity index (χ4v) is 1.59. The van der Waals surface area contributed by atoms with Gasteiger partial charge in [-0.2, -0.15) is 0 Å². The summed E-state index contributed by atoms with van der Waals surface area (Å²) in [5.41, 5.74) is 0.143. The smallest absolute Gasteiger partial charge is 0.406 e. The van der Waals surface area contributed by atoms with E-state index in [4.69, 9.17) is 5.41 Å². The fraction of sp³-hybridized carbons (Fsp3) is 0.0833. The highest BCUT2D eigenvalue weighted by Gasteiger charge is 2.31. The van der Waals surface area contributed by atoms with Crippen LogP contribution in [0.4, 0.5) is 13.2 Å². The molecular formula is C12H8F3N3O2. The van der Waals surface area contributed by atoms with E-state index in [1.807, 2.05) is 0 Å². The number of rotatable bonds is 3. The van der Waals surface area contributed by atoms with Crippen molar-refractivity contribution in [2.24, 2.45) is 0 Å². The fourth-order valence-electron chi connectivity index (χ4n) is 1.59. The van der Waals surface area contributed by atoms with Crippen LogP contribution < -0.4 is 10.3 Å². The first-order valence-corrected chi connectivity index (χ1v) is 5.35. The van der Waals surface area contributed by atoms with E-state index in [0.29, 0.717) is 5.56 Å². The maximum atomic E-state index is 12.0. The molecule has 0 amide bonds. The quantitative estimate of drug-likeness (QED) is 0.848. The van der Waals surface area contributed by atoms with E-state index in [-0.39, 0.29) is 17.0 Å². The topological polar surface area (TPSA) is 78.8 Å². The molecule has 2 rings (SSSR count). The zero-order valence-corrected chi connectivity index (χ0v) is 9.86. The van der Waals surface area contributed by atoms with Gasteiger partial charge < -0.3 is 15.1 Å². The van der Waals surface area contributed by atoms with Crippen LogP contribution >= 0.6 is 0 Å². The molecule has 5 nitrogen and oxygen atoms in total. The number of benzene rings is 1. The minimum absolute atomic E-state index is 0.0250. The Morgan fingerprint density at radius 3 is 2.45 bits per heavy atom. The summed E-state index contributed by atoms with van der Waals surface area (Å²) in [6.45, 7) is 0. The van der Waals surface area contributed by atoms with Gasteiger partial charge in [-0.25, -0.2) is 4.98 Å². The van der Waals surface area contributed by atoms with Crippen molar-refractivity contribution in [1.82, 2.24) is 9.97 Å². The Balaban J connectivity index is 2.38. The molecule has 0 aliphatic rings. The van der Waals surface area contributed by atoms with Crippen molar-refractivity contribution in [2.75, 3.05) is 0 Å². The average Bonchev–Trinajstić information content (AvgIpc) is 2.37. The zero-order valence-electron chi connectivity index (χ0n) is 9.86. The van der Waals surface area contributed by atoms with Crippen LogP contribution in [0.5, 0.6) is 5.75 Å². The van der Waals surface area contributed by atoms with Crippen molar-refractivity contribution in [3.63, 3.8) is 0 Å². The molecule has 0 saturated carbocycles. The van der Waals surface area contributed by atoms with Crippen molar-refractivity contribution in [3.05, 3.63) is 46.5 Å². The molecule has 0 spiro atoms. The Bertz CT molecular complexity index is 678. The summed E-state index contributed by atoms with van der Waals surface area (Å²) >= 11 is 0. The van der Waals surface area contributed by atoms with Crippen LogP contribution in [-0.2, 0) is 0 Å². The maximum absolute atomic E-state index is 12.0. The van der Waals surface area contributed by atoms with Crippen LogP contribution in [0.3, 0.4) is 0 Å². The molecule has 1 heterocycles. The van der Waals surface area contributed by atoms with Gasteiger partial charge in [0.25, 0.3) is 5.56 Å². The molecule has 20 heavy (non-hydrogen) atoms. The SMILES string of the molecule is N=Cc1c(-c2ccc(OC(F)(F)F)cc2)nc[nH]c1=O. The first-order chi connectivity index (χ1) is 9.40. The van der Waals surface area contributed by atoms with Gasteiger partial charge >= 0.3 is 6.36 Å². The lowest BCUT2D eigenvalue weighted by molar-refractivity contribution is -0.274. The predicted molar refractivity (Wildman–Crippen MR) is 64.9 cm³/mol. The molecule has 0 saturated heterocycles. The standard InChI is InChI=1S/C12H8F3N3O2/c13-12(14,15)20-8-3-1-7(2-4-8)10-9(5-16)11(19)18-6-17-10/h1-6,16H,(H,17,18,19). The number of aromatic amines is 1. The van der Waals surface area contributed by atoms with Gasteiger partial charge in [-0.15, -0.1) is 13.2 Å². The average molecular weight is 283 g/mol. The van der Waals surface area contributed by atoms with Gasteiger partial charge in [0.05, 0.1) is 17.6 Å². The van der Waals surface area contributed by atoms with Gasteiger partial charge in [-0.05, 0) is 24.3 Å². The molecule has 1 aromatic carbocycles. The maximum Gasteiger partial charge on any atom is 0.573 e. The van der Waals surface area contributed by atoms with Crippen LogP contribution in [0.1, 0.15) is 5.56 Å². The van der Waals surface area contributed by atoms with Crippen molar-refractivity contribution < 1.29 is 17.9 Å². The Hall–Kier alpha value is -2.64. The van der Waals surface area contributed by atoms with Crippen molar-refractivity contribution in [3.8, 4) is 17.0 Å². The molecule has 2 aromatic rings. The summed E-state index contributed by atoms with van der Waals surface area (Å²) in [7, 11) is 0. The van der Waals surface area contributed by atoms with Crippen LogP contribution in [0.2, 0.25) is 0 Å². The molecule has 1 aromatic heterocycles. The molecule has 8 heteroatoms. The van der Waals surface area contributed by atoms with E-state index in [1.165, 1.54) is 12.1 Å². The summed E-state index contributed by atoms with van der Waals surface area (Å²) in [4.78, 5) is 17.7. The molecule has 0 radical (unpaired) electrons. The molecule has 0 unspecified atom stereocenters. The third-order valence-electron chi connectivity index (χ3n) is 2.39. The first kappa shape index (κ1) is 13.8. The lowest BCUT2D eigenvalue weighted by Crippen LogP contribution is -2.17. The Kier molecular flexibility index (Phi) is 3.55. The van der Waals surface area contributed by atoms with E-state index >= 15 is 0 Å². The highest BCUT2D eigenvalue weighted by molar-refractivity contribution is 5.86. The largest absolute Gasteiger partial charge is 0.573 e. The van der Waals surface area contributed by atoms with Crippen LogP contribution in [0.15, 0.2) is 35.4 Å². The molecule has 0 aliphatic carbocycles. The summed E-state index contributed by atoms with van der Waals surface area (Å²) in [5.74, 6) is -0.373. The lowest BCUT2D eigenvalue weighted by atomic mass is 10.1. The van der Waals surface area contributed by atoms with Crippen LogP contribution in [-0.4, -0.2) is 22.5 Å². The summed E-state index contributed by atoms with van der Waals surface area (Å²) in [6.07, 6.45) is -2.77. The molecule has 0 atom stereocenters. The number of alkyl halides is 3. The summed E-state index contributed by atoms with van der Waals surface area (Å²) in [6, 6.07) is 4.88. The second-order valence-electron chi connectivity index (χ2n) is 3.71. The second kappa shape index (κ2) is 5.16. The lowest BCUT2D eigenvalue weighted by Gasteiger charge is -2.09. The van der Waals surface area contributed by atoms with E-state index in [1.54, 1.807) is 0 Å². The minimum Gasteiger partial charge on any atom is -0.406 e. The molecule has 104 valence electrons. The summed E-state index contributed by atoms with van der Waals surface area (Å²) < 4.78 is 39.8.